The number of hydrogen-bond donors (Lipinski definition) is 1. The molecule has 11 heavy (non-hydrogen) atoms. The Bertz CT molecular complexity index is 239. The molecule has 2 aliphatic rings. The Morgan fingerprint density at radius 3 is 2.45 bits per heavy atom. The normalized spacial score (nSPS) is 33.1. The van der Waals surface area contributed by atoms with E-state index in [0.29, 0.717) is 13.2 Å². The Labute approximate surface area is 66.2 Å². The number of rotatable bonds is 0. The lowest BCUT2D eigenvalue weighted by molar-refractivity contribution is 0.0473. The van der Waals surface area contributed by atoms with Crippen LogP contribution in [-0.4, -0.2) is 21.6 Å². The van der Waals surface area contributed by atoms with Gasteiger partial charge in [0.25, 0.3) is 0 Å². The monoisotopic (exact) mass is 177 g/mol. The maximum absolute atomic E-state index is 10.7. The summed E-state index contributed by atoms with van der Waals surface area (Å²) >= 11 is 0. The van der Waals surface area contributed by atoms with Gasteiger partial charge in [-0.3, -0.25) is 4.18 Å². The van der Waals surface area contributed by atoms with Crippen LogP contribution in [0.4, 0.5) is 0 Å². The minimum atomic E-state index is -3.38. The first-order chi connectivity index (χ1) is 5.12. The SMILES string of the molecule is O=S1(=O)NCC2(CCC2)CO1. The van der Waals surface area contributed by atoms with Crippen molar-refractivity contribution in [1.82, 2.24) is 4.72 Å². The molecule has 5 heteroatoms. The van der Waals surface area contributed by atoms with Crippen LogP contribution < -0.4 is 4.72 Å². The third-order valence-electron chi connectivity index (χ3n) is 2.56. The van der Waals surface area contributed by atoms with E-state index < -0.39 is 10.3 Å². The summed E-state index contributed by atoms with van der Waals surface area (Å²) in [5, 5.41) is 0. The summed E-state index contributed by atoms with van der Waals surface area (Å²) in [5.41, 5.74) is 0.144. The molecule has 0 aromatic carbocycles. The van der Waals surface area contributed by atoms with E-state index in [2.05, 4.69) is 8.91 Å². The van der Waals surface area contributed by atoms with Gasteiger partial charge in [-0.2, -0.15) is 13.1 Å². The molecule has 1 spiro atoms. The van der Waals surface area contributed by atoms with Crippen LogP contribution in [0.2, 0.25) is 0 Å². The van der Waals surface area contributed by atoms with Crippen LogP contribution in [0.15, 0.2) is 0 Å². The second-order valence-electron chi connectivity index (χ2n) is 3.39. The van der Waals surface area contributed by atoms with Crippen LogP contribution in [-0.2, 0) is 14.5 Å². The van der Waals surface area contributed by atoms with Crippen molar-refractivity contribution in [3.05, 3.63) is 0 Å². The molecule has 2 rings (SSSR count). The molecule has 2 fully saturated rings. The van der Waals surface area contributed by atoms with Gasteiger partial charge in [-0.25, -0.2) is 0 Å². The minimum absolute atomic E-state index is 0.144. The Balaban J connectivity index is 2.04. The van der Waals surface area contributed by atoms with Crippen LogP contribution in [0, 0.1) is 5.41 Å². The fraction of sp³-hybridized carbons (Fsp3) is 1.00. The molecule has 0 bridgehead atoms. The van der Waals surface area contributed by atoms with Crippen LogP contribution in [0.1, 0.15) is 19.3 Å². The lowest BCUT2D eigenvalue weighted by Crippen LogP contribution is -2.51. The zero-order valence-corrected chi connectivity index (χ0v) is 6.99. The van der Waals surface area contributed by atoms with Gasteiger partial charge in [0.15, 0.2) is 0 Å². The van der Waals surface area contributed by atoms with E-state index in [1.807, 2.05) is 0 Å². The number of nitrogens with one attached hydrogen (secondary N) is 1. The Morgan fingerprint density at radius 1 is 1.36 bits per heavy atom. The molecule has 1 saturated heterocycles. The van der Waals surface area contributed by atoms with E-state index in [0.717, 1.165) is 12.8 Å². The summed E-state index contributed by atoms with van der Waals surface area (Å²) in [7, 11) is -3.38. The molecular weight excluding hydrogens is 166 g/mol. The van der Waals surface area contributed by atoms with E-state index in [-0.39, 0.29) is 5.41 Å². The van der Waals surface area contributed by atoms with Crippen LogP contribution in [0.25, 0.3) is 0 Å². The predicted octanol–water partition coefficient (Wildman–Crippen LogP) is 0.0213. The highest BCUT2D eigenvalue weighted by atomic mass is 32.2. The lowest BCUT2D eigenvalue weighted by Gasteiger charge is -2.43. The van der Waals surface area contributed by atoms with Gasteiger partial charge in [0.2, 0.25) is 0 Å². The van der Waals surface area contributed by atoms with E-state index in [1.54, 1.807) is 0 Å². The Hall–Kier alpha value is -0.130. The highest BCUT2D eigenvalue weighted by Gasteiger charge is 2.42. The van der Waals surface area contributed by atoms with Gasteiger partial charge in [0.1, 0.15) is 0 Å². The molecular formula is C6H11NO3S. The minimum Gasteiger partial charge on any atom is -0.257 e. The molecule has 0 unspecified atom stereocenters. The first-order valence-corrected chi connectivity index (χ1v) is 5.17. The third-order valence-corrected chi connectivity index (χ3v) is 3.48. The van der Waals surface area contributed by atoms with Crippen molar-refractivity contribution in [2.24, 2.45) is 5.41 Å². The van der Waals surface area contributed by atoms with Gasteiger partial charge >= 0.3 is 10.3 Å². The van der Waals surface area contributed by atoms with Crippen molar-refractivity contribution in [3.63, 3.8) is 0 Å². The lowest BCUT2D eigenvalue weighted by atomic mass is 9.69. The second kappa shape index (κ2) is 2.18. The molecule has 0 aromatic heterocycles. The molecule has 4 nitrogen and oxygen atoms in total. The van der Waals surface area contributed by atoms with E-state index in [1.165, 1.54) is 6.42 Å². The van der Waals surface area contributed by atoms with E-state index >= 15 is 0 Å². The van der Waals surface area contributed by atoms with Gasteiger partial charge in [0, 0.05) is 12.0 Å². The first kappa shape index (κ1) is 7.52. The molecule has 0 amide bonds. The number of hydrogen-bond acceptors (Lipinski definition) is 3. The highest BCUT2D eigenvalue weighted by Crippen LogP contribution is 2.42. The summed E-state index contributed by atoms with van der Waals surface area (Å²) in [4.78, 5) is 0. The average molecular weight is 177 g/mol. The highest BCUT2D eigenvalue weighted by molar-refractivity contribution is 7.84. The zero-order valence-electron chi connectivity index (χ0n) is 6.17. The first-order valence-electron chi connectivity index (χ1n) is 3.76. The fourth-order valence-corrected chi connectivity index (χ4v) is 2.51. The molecule has 1 aliphatic carbocycles. The largest absolute Gasteiger partial charge is 0.335 e. The Morgan fingerprint density at radius 2 is 2.09 bits per heavy atom. The molecule has 1 N–H and O–H groups in total. The van der Waals surface area contributed by atoms with E-state index in [4.69, 9.17) is 0 Å². The smallest absolute Gasteiger partial charge is 0.257 e. The van der Waals surface area contributed by atoms with Crippen molar-refractivity contribution >= 4 is 10.3 Å². The predicted molar refractivity (Wildman–Crippen MR) is 39.2 cm³/mol. The average Bonchev–Trinajstić information content (AvgIpc) is 1.84. The van der Waals surface area contributed by atoms with Gasteiger partial charge in [-0.1, -0.05) is 6.42 Å². The topological polar surface area (TPSA) is 55.4 Å². The maximum atomic E-state index is 10.7. The fourth-order valence-electron chi connectivity index (χ4n) is 1.53. The van der Waals surface area contributed by atoms with Gasteiger partial charge in [-0.15, -0.1) is 0 Å². The van der Waals surface area contributed by atoms with Crippen molar-refractivity contribution < 1.29 is 12.6 Å². The third kappa shape index (κ3) is 1.28. The summed E-state index contributed by atoms with van der Waals surface area (Å²) < 4.78 is 28.6. The maximum Gasteiger partial charge on any atom is 0.335 e. The van der Waals surface area contributed by atoms with Crippen molar-refractivity contribution in [3.8, 4) is 0 Å². The summed E-state index contributed by atoms with van der Waals surface area (Å²) in [6.45, 7) is 0.942. The molecule has 64 valence electrons. The molecule has 0 atom stereocenters. The van der Waals surface area contributed by atoms with E-state index in [9.17, 15) is 8.42 Å². The van der Waals surface area contributed by atoms with Crippen LogP contribution in [0.5, 0.6) is 0 Å². The standard InChI is InChI=1S/C6H11NO3S/c8-11(9)7-4-6(5-10-11)2-1-3-6/h7H,1-5H2. The van der Waals surface area contributed by atoms with Crippen LogP contribution >= 0.6 is 0 Å². The van der Waals surface area contributed by atoms with Crippen molar-refractivity contribution in [1.29, 1.82) is 0 Å². The van der Waals surface area contributed by atoms with Gasteiger partial charge in [-0.05, 0) is 12.8 Å². The molecule has 0 radical (unpaired) electrons. The molecule has 1 aliphatic heterocycles. The van der Waals surface area contributed by atoms with Crippen molar-refractivity contribution in [2.75, 3.05) is 13.2 Å². The molecule has 0 aromatic rings. The van der Waals surface area contributed by atoms with Crippen LogP contribution in [0.3, 0.4) is 0 Å². The van der Waals surface area contributed by atoms with Gasteiger partial charge in [0.05, 0.1) is 6.61 Å². The molecule has 1 saturated carbocycles. The van der Waals surface area contributed by atoms with Crippen molar-refractivity contribution in [2.45, 2.75) is 19.3 Å². The second-order valence-corrected chi connectivity index (χ2v) is 4.82. The zero-order chi connectivity index (χ0) is 7.95. The summed E-state index contributed by atoms with van der Waals surface area (Å²) in [5.74, 6) is 0. The quantitative estimate of drug-likeness (QED) is 0.567. The summed E-state index contributed by atoms with van der Waals surface area (Å²) in [6.07, 6.45) is 3.39. The van der Waals surface area contributed by atoms with Gasteiger partial charge < -0.3 is 0 Å². The Kier molecular flexibility index (Phi) is 1.49. The summed E-state index contributed by atoms with van der Waals surface area (Å²) in [6, 6.07) is 0. The molecule has 1 heterocycles.